The average Bonchev–Trinajstić information content (AvgIpc) is 2.86. The van der Waals surface area contributed by atoms with Crippen LogP contribution in [0.1, 0.15) is 13.8 Å². The Kier molecular flexibility index (Phi) is 5.35. The molecule has 2 aromatic carbocycles. The maximum Gasteiger partial charge on any atom is 0.270 e. The van der Waals surface area contributed by atoms with Gasteiger partial charge in [0.05, 0.1) is 4.92 Å². The summed E-state index contributed by atoms with van der Waals surface area (Å²) in [5.41, 5.74) is 1.87. The first kappa shape index (κ1) is 16.3. The highest BCUT2D eigenvalue weighted by Crippen LogP contribution is 2.30. The van der Waals surface area contributed by atoms with E-state index < -0.39 is 4.92 Å². The second kappa shape index (κ2) is 7.24. The van der Waals surface area contributed by atoms with Gasteiger partial charge < -0.3 is 9.72 Å². The summed E-state index contributed by atoms with van der Waals surface area (Å²) in [5.74, 6) is 0. The van der Waals surface area contributed by atoms with Gasteiger partial charge in [-0.25, -0.2) is 0 Å². The molecule has 0 aliphatic heterocycles. The molecule has 3 aromatic rings. The van der Waals surface area contributed by atoms with Gasteiger partial charge in [0.2, 0.25) is 0 Å². The number of H-pyrrole nitrogens is 1. The normalized spacial score (nSPS) is 10.5. The molecule has 0 atom stereocenters. The third-order valence-corrected chi connectivity index (χ3v) is 3.40. The van der Waals surface area contributed by atoms with Crippen LogP contribution in [0.25, 0.3) is 21.8 Å². The number of nitrogens with zero attached hydrogens (tertiary/aromatic N) is 1. The third-order valence-electron chi connectivity index (χ3n) is 3.16. The Morgan fingerprint density at radius 1 is 1.09 bits per heavy atom. The summed E-state index contributed by atoms with van der Waals surface area (Å²) < 4.78 is 4.83. The first-order chi connectivity index (χ1) is 10.6. The average molecular weight is 321 g/mol. The molecule has 5 nitrogen and oxygen atoms in total. The zero-order valence-electron chi connectivity index (χ0n) is 12.4. The number of aromatic nitrogens is 1. The van der Waals surface area contributed by atoms with E-state index in [1.807, 2.05) is 19.9 Å². The van der Waals surface area contributed by atoms with Gasteiger partial charge in [0, 0.05) is 52.2 Å². The Labute approximate surface area is 133 Å². The highest BCUT2D eigenvalue weighted by Gasteiger charge is 2.10. The fourth-order valence-corrected chi connectivity index (χ4v) is 2.35. The van der Waals surface area contributed by atoms with Gasteiger partial charge in [0.15, 0.2) is 0 Å². The van der Waals surface area contributed by atoms with E-state index >= 15 is 0 Å². The summed E-state index contributed by atoms with van der Waals surface area (Å²) in [6, 6.07) is 10.2. The van der Waals surface area contributed by atoms with E-state index in [9.17, 15) is 10.1 Å². The molecule has 0 saturated carbocycles. The first-order valence-electron chi connectivity index (χ1n) is 7.00. The van der Waals surface area contributed by atoms with Crippen LogP contribution in [-0.4, -0.2) is 23.1 Å². The van der Waals surface area contributed by atoms with Crippen molar-refractivity contribution >= 4 is 39.1 Å². The number of hydrogen-bond donors (Lipinski definition) is 1. The van der Waals surface area contributed by atoms with Crippen molar-refractivity contribution in [1.29, 1.82) is 0 Å². The van der Waals surface area contributed by atoms with Gasteiger partial charge in [0.1, 0.15) is 0 Å². The lowest BCUT2D eigenvalue weighted by atomic mass is 10.1. The van der Waals surface area contributed by atoms with Gasteiger partial charge in [-0.15, -0.1) is 0 Å². The lowest BCUT2D eigenvalue weighted by molar-refractivity contribution is -0.384. The Bertz CT molecular complexity index is 797. The number of halogens is 1. The second-order valence-corrected chi connectivity index (χ2v) is 5.02. The molecular weight excluding hydrogens is 304 g/mol. The van der Waals surface area contributed by atoms with Gasteiger partial charge >= 0.3 is 0 Å². The molecule has 116 valence electrons. The molecule has 3 rings (SSSR count). The van der Waals surface area contributed by atoms with Gasteiger partial charge in [-0.3, -0.25) is 10.1 Å². The molecule has 1 heterocycles. The minimum atomic E-state index is -0.400. The number of non-ortho nitro benzene ring substituents is 1. The number of rotatable bonds is 3. The summed E-state index contributed by atoms with van der Waals surface area (Å²) in [4.78, 5) is 13.5. The highest BCUT2D eigenvalue weighted by atomic mass is 35.5. The van der Waals surface area contributed by atoms with E-state index in [-0.39, 0.29) is 5.69 Å². The van der Waals surface area contributed by atoms with Crippen molar-refractivity contribution in [2.24, 2.45) is 0 Å². The number of aromatic amines is 1. The number of hydrogen-bond acceptors (Lipinski definition) is 3. The SMILES string of the molecule is CCOCC.O=[N+]([O-])c1ccc2[nH]c3ccc(Cl)cc3c2c1. The molecule has 0 unspecified atom stereocenters. The quantitative estimate of drug-likeness (QED) is 0.549. The molecule has 0 bridgehead atoms. The van der Waals surface area contributed by atoms with Crippen LogP contribution in [0.4, 0.5) is 5.69 Å². The monoisotopic (exact) mass is 320 g/mol. The van der Waals surface area contributed by atoms with Crippen LogP contribution in [0.3, 0.4) is 0 Å². The van der Waals surface area contributed by atoms with Crippen LogP contribution >= 0.6 is 11.6 Å². The van der Waals surface area contributed by atoms with Crippen LogP contribution in [-0.2, 0) is 4.74 Å². The summed E-state index contributed by atoms with van der Waals surface area (Å²) in [7, 11) is 0. The van der Waals surface area contributed by atoms with Gasteiger partial charge in [0.25, 0.3) is 5.69 Å². The summed E-state index contributed by atoms with van der Waals surface area (Å²) >= 11 is 5.93. The first-order valence-corrected chi connectivity index (χ1v) is 7.37. The molecule has 0 saturated heterocycles. The maximum absolute atomic E-state index is 10.7. The van der Waals surface area contributed by atoms with Crippen molar-refractivity contribution in [2.45, 2.75) is 13.8 Å². The summed E-state index contributed by atoms with van der Waals surface area (Å²) in [6.45, 7) is 5.67. The molecule has 0 spiro atoms. The zero-order chi connectivity index (χ0) is 16.1. The van der Waals surface area contributed by atoms with Gasteiger partial charge in [-0.1, -0.05) is 11.6 Å². The largest absolute Gasteiger partial charge is 0.382 e. The minimum Gasteiger partial charge on any atom is -0.382 e. The Morgan fingerprint density at radius 2 is 1.68 bits per heavy atom. The second-order valence-electron chi connectivity index (χ2n) is 4.58. The number of nitro benzene ring substituents is 1. The van der Waals surface area contributed by atoms with Crippen molar-refractivity contribution < 1.29 is 9.66 Å². The van der Waals surface area contributed by atoms with E-state index in [4.69, 9.17) is 16.3 Å². The van der Waals surface area contributed by atoms with Crippen molar-refractivity contribution in [3.05, 3.63) is 51.5 Å². The van der Waals surface area contributed by atoms with Crippen LogP contribution in [0, 0.1) is 10.1 Å². The molecule has 22 heavy (non-hydrogen) atoms. The van der Waals surface area contributed by atoms with E-state index in [0.29, 0.717) is 5.02 Å². The predicted molar refractivity (Wildman–Crippen MR) is 89.6 cm³/mol. The van der Waals surface area contributed by atoms with Crippen molar-refractivity contribution in [3.8, 4) is 0 Å². The standard InChI is InChI=1S/C12H7ClN2O2.C4H10O/c13-7-1-3-11-9(5-7)10-6-8(15(16)17)2-4-12(10)14-11;1-3-5-4-2/h1-6,14H;3-4H2,1-2H3. The molecule has 0 radical (unpaired) electrons. The van der Waals surface area contributed by atoms with E-state index in [0.717, 1.165) is 35.0 Å². The van der Waals surface area contributed by atoms with Crippen LogP contribution in [0.15, 0.2) is 36.4 Å². The Balaban J connectivity index is 0.000000309. The van der Waals surface area contributed by atoms with Crippen LogP contribution in [0.2, 0.25) is 5.02 Å². The molecule has 0 aliphatic carbocycles. The smallest absolute Gasteiger partial charge is 0.270 e. The maximum atomic E-state index is 10.7. The molecule has 0 fully saturated rings. The van der Waals surface area contributed by atoms with E-state index in [2.05, 4.69) is 4.98 Å². The van der Waals surface area contributed by atoms with Crippen LogP contribution in [0.5, 0.6) is 0 Å². The van der Waals surface area contributed by atoms with Crippen LogP contribution < -0.4 is 0 Å². The lowest BCUT2D eigenvalue weighted by Crippen LogP contribution is -1.86. The summed E-state index contributed by atoms with van der Waals surface area (Å²) in [6.07, 6.45) is 0. The molecule has 0 aliphatic rings. The van der Waals surface area contributed by atoms with Gasteiger partial charge in [-0.05, 0) is 38.1 Å². The fraction of sp³-hybridized carbons (Fsp3) is 0.250. The van der Waals surface area contributed by atoms with Crippen molar-refractivity contribution in [1.82, 2.24) is 4.98 Å². The fourth-order valence-electron chi connectivity index (χ4n) is 2.18. The van der Waals surface area contributed by atoms with Crippen molar-refractivity contribution in [2.75, 3.05) is 13.2 Å². The Morgan fingerprint density at radius 3 is 2.23 bits per heavy atom. The van der Waals surface area contributed by atoms with Crippen molar-refractivity contribution in [3.63, 3.8) is 0 Å². The van der Waals surface area contributed by atoms with E-state index in [1.54, 1.807) is 24.3 Å². The van der Waals surface area contributed by atoms with Gasteiger partial charge in [-0.2, -0.15) is 0 Å². The molecule has 1 aromatic heterocycles. The third kappa shape index (κ3) is 3.55. The summed E-state index contributed by atoms with van der Waals surface area (Å²) in [5, 5.41) is 13.1. The molecule has 6 heteroatoms. The topological polar surface area (TPSA) is 68.2 Å². The lowest BCUT2D eigenvalue weighted by Gasteiger charge is -1.93. The number of benzene rings is 2. The number of nitro groups is 1. The highest BCUT2D eigenvalue weighted by molar-refractivity contribution is 6.31. The molecule has 1 N–H and O–H groups in total. The zero-order valence-corrected chi connectivity index (χ0v) is 13.2. The minimum absolute atomic E-state index is 0.0818. The van der Waals surface area contributed by atoms with E-state index in [1.165, 1.54) is 6.07 Å². The number of fused-ring (bicyclic) bond motifs is 3. The molecular formula is C16H17ClN2O3. The molecule has 0 amide bonds. The predicted octanol–water partition coefficient (Wildman–Crippen LogP) is 4.93. The Hall–Kier alpha value is -2.11. The number of nitrogens with one attached hydrogen (secondary N) is 1. The number of ether oxygens (including phenoxy) is 1.